The summed E-state index contributed by atoms with van der Waals surface area (Å²) in [6.07, 6.45) is 13.7. The molecule has 0 unspecified atom stereocenters. The van der Waals surface area contributed by atoms with E-state index in [-0.39, 0.29) is 0 Å². The van der Waals surface area contributed by atoms with E-state index in [1.807, 2.05) is 18.2 Å². The summed E-state index contributed by atoms with van der Waals surface area (Å²) >= 11 is 1.50. The minimum atomic E-state index is 0.871. The molecule has 0 aliphatic heterocycles. The molecule has 0 saturated carbocycles. The van der Waals surface area contributed by atoms with Gasteiger partial charge in [-0.15, -0.1) is 0 Å². The van der Waals surface area contributed by atoms with Gasteiger partial charge in [0.1, 0.15) is 0 Å². The van der Waals surface area contributed by atoms with Crippen molar-refractivity contribution in [3.8, 4) is 0 Å². The summed E-state index contributed by atoms with van der Waals surface area (Å²) in [5.41, 5.74) is 0. The number of unbranched alkanes of at least 4 members (excludes halogenated alkanes) is 9. The zero-order valence-corrected chi connectivity index (χ0v) is 13.8. The van der Waals surface area contributed by atoms with E-state index >= 15 is 0 Å². The molecule has 0 saturated heterocycles. The van der Waals surface area contributed by atoms with Crippen molar-refractivity contribution >= 4 is 12.0 Å². The highest BCUT2D eigenvalue weighted by atomic mass is 32.2. The average molecular weight is 295 g/mol. The van der Waals surface area contributed by atoms with Gasteiger partial charge in [0, 0.05) is 16.9 Å². The van der Waals surface area contributed by atoms with Gasteiger partial charge in [-0.2, -0.15) is 0 Å². The summed E-state index contributed by atoms with van der Waals surface area (Å²) in [6.45, 7) is 3.15. The minimum absolute atomic E-state index is 0.871. The molecule has 0 N–H and O–H groups in total. The molecule has 1 rings (SSSR count). The van der Waals surface area contributed by atoms with E-state index in [0.29, 0.717) is 0 Å². The second kappa shape index (κ2) is 13.5. The fourth-order valence-corrected chi connectivity index (χ4v) is 2.84. The van der Waals surface area contributed by atoms with Crippen LogP contribution in [0.4, 0.5) is 0 Å². The second-order valence-electron chi connectivity index (χ2n) is 5.40. The lowest BCUT2D eigenvalue weighted by Crippen LogP contribution is -1.88. The predicted octanol–water partition coefficient (Wildman–Crippen LogP) is 6.63. The Morgan fingerprint density at radius 3 is 1.90 bits per heavy atom. The Kier molecular flexibility index (Phi) is 11.9. The molecule has 0 aliphatic rings. The van der Waals surface area contributed by atoms with E-state index < -0.39 is 0 Å². The van der Waals surface area contributed by atoms with E-state index in [9.17, 15) is 0 Å². The van der Waals surface area contributed by atoms with Gasteiger partial charge in [0.25, 0.3) is 0 Å². The monoisotopic (exact) mass is 294 g/mol. The molecule has 0 amide bonds. The SMILES string of the molecule is CCCCCCCCCCCCOSc1ccccc1. The first kappa shape index (κ1) is 17.6. The molecule has 20 heavy (non-hydrogen) atoms. The maximum absolute atomic E-state index is 5.61. The minimum Gasteiger partial charge on any atom is -0.310 e. The Labute approximate surface area is 129 Å². The Hall–Kier alpha value is -0.470. The molecule has 0 atom stereocenters. The predicted molar refractivity (Wildman–Crippen MR) is 90.1 cm³/mol. The smallest absolute Gasteiger partial charge is 0.0618 e. The molecular formula is C18H30OS. The third kappa shape index (κ3) is 10.3. The lowest BCUT2D eigenvalue weighted by atomic mass is 10.1. The van der Waals surface area contributed by atoms with Crippen molar-refractivity contribution in [1.82, 2.24) is 0 Å². The van der Waals surface area contributed by atoms with Crippen LogP contribution in [0.5, 0.6) is 0 Å². The first-order chi connectivity index (χ1) is 9.93. The van der Waals surface area contributed by atoms with Crippen molar-refractivity contribution in [2.45, 2.75) is 76.0 Å². The standard InChI is InChI=1S/C18H30OS/c1-2-3-4-5-6-7-8-9-10-14-17-19-20-18-15-12-11-13-16-18/h11-13,15-16H,2-10,14,17H2,1H3. The van der Waals surface area contributed by atoms with Crippen LogP contribution < -0.4 is 0 Å². The maximum Gasteiger partial charge on any atom is 0.0618 e. The number of hydrogen-bond acceptors (Lipinski definition) is 2. The van der Waals surface area contributed by atoms with Crippen molar-refractivity contribution < 1.29 is 4.18 Å². The van der Waals surface area contributed by atoms with Gasteiger partial charge in [0.2, 0.25) is 0 Å². The number of benzene rings is 1. The zero-order chi connectivity index (χ0) is 14.3. The van der Waals surface area contributed by atoms with Crippen LogP contribution in [-0.4, -0.2) is 6.61 Å². The van der Waals surface area contributed by atoms with Gasteiger partial charge in [-0.1, -0.05) is 82.9 Å². The summed E-state index contributed by atoms with van der Waals surface area (Å²) in [5, 5.41) is 0. The van der Waals surface area contributed by atoms with E-state index in [1.54, 1.807) is 0 Å². The first-order valence-electron chi connectivity index (χ1n) is 8.28. The maximum atomic E-state index is 5.61. The highest BCUT2D eigenvalue weighted by Crippen LogP contribution is 2.18. The summed E-state index contributed by atoms with van der Waals surface area (Å²) in [4.78, 5) is 1.19. The topological polar surface area (TPSA) is 9.23 Å². The van der Waals surface area contributed by atoms with Crippen molar-refractivity contribution in [3.63, 3.8) is 0 Å². The van der Waals surface area contributed by atoms with Gasteiger partial charge in [0.05, 0.1) is 6.61 Å². The fourth-order valence-electron chi connectivity index (χ4n) is 2.23. The van der Waals surface area contributed by atoms with Crippen LogP contribution >= 0.6 is 12.0 Å². The highest BCUT2D eigenvalue weighted by Gasteiger charge is 1.95. The molecule has 1 nitrogen and oxygen atoms in total. The normalized spacial score (nSPS) is 10.8. The quantitative estimate of drug-likeness (QED) is 0.298. The van der Waals surface area contributed by atoms with Crippen LogP contribution in [0, 0.1) is 0 Å². The average Bonchev–Trinajstić information content (AvgIpc) is 2.49. The van der Waals surface area contributed by atoms with Crippen LogP contribution in [0.15, 0.2) is 35.2 Å². The van der Waals surface area contributed by atoms with Gasteiger partial charge in [-0.05, 0) is 18.6 Å². The third-order valence-corrected chi connectivity index (χ3v) is 4.23. The molecule has 0 heterocycles. The first-order valence-corrected chi connectivity index (χ1v) is 9.02. The van der Waals surface area contributed by atoms with Crippen molar-refractivity contribution in [1.29, 1.82) is 0 Å². The number of hydrogen-bond donors (Lipinski definition) is 0. The summed E-state index contributed by atoms with van der Waals surface area (Å²) in [5.74, 6) is 0. The van der Waals surface area contributed by atoms with Gasteiger partial charge in [-0.25, -0.2) is 0 Å². The van der Waals surface area contributed by atoms with Crippen molar-refractivity contribution in [3.05, 3.63) is 30.3 Å². The third-order valence-electron chi connectivity index (χ3n) is 3.48. The van der Waals surface area contributed by atoms with E-state index in [0.717, 1.165) is 6.61 Å². The van der Waals surface area contributed by atoms with E-state index in [2.05, 4.69) is 19.1 Å². The molecule has 114 valence electrons. The largest absolute Gasteiger partial charge is 0.310 e. The second-order valence-corrected chi connectivity index (χ2v) is 6.27. The molecule has 0 bridgehead atoms. The van der Waals surface area contributed by atoms with E-state index in [1.165, 1.54) is 81.1 Å². The summed E-state index contributed by atoms with van der Waals surface area (Å²) in [6, 6.07) is 10.3. The molecular weight excluding hydrogens is 264 g/mol. The molecule has 0 aromatic heterocycles. The zero-order valence-electron chi connectivity index (χ0n) is 13.0. The molecule has 0 radical (unpaired) electrons. The Morgan fingerprint density at radius 2 is 1.30 bits per heavy atom. The van der Waals surface area contributed by atoms with Gasteiger partial charge >= 0.3 is 0 Å². The summed E-state index contributed by atoms with van der Waals surface area (Å²) in [7, 11) is 0. The highest BCUT2D eigenvalue weighted by molar-refractivity contribution is 7.94. The molecule has 0 spiro atoms. The van der Waals surface area contributed by atoms with Crippen LogP contribution in [-0.2, 0) is 4.18 Å². The van der Waals surface area contributed by atoms with Crippen LogP contribution in [0.2, 0.25) is 0 Å². The molecule has 0 fully saturated rings. The lowest BCUT2D eigenvalue weighted by molar-refractivity contribution is 0.354. The molecule has 0 aliphatic carbocycles. The van der Waals surface area contributed by atoms with Crippen LogP contribution in [0.25, 0.3) is 0 Å². The number of rotatable bonds is 13. The Balaban J connectivity index is 1.77. The lowest BCUT2D eigenvalue weighted by Gasteiger charge is -2.03. The van der Waals surface area contributed by atoms with Crippen LogP contribution in [0.1, 0.15) is 71.1 Å². The van der Waals surface area contributed by atoms with Gasteiger partial charge in [0.15, 0.2) is 0 Å². The van der Waals surface area contributed by atoms with Gasteiger partial charge < -0.3 is 4.18 Å². The fraction of sp³-hybridized carbons (Fsp3) is 0.667. The van der Waals surface area contributed by atoms with Crippen LogP contribution in [0.3, 0.4) is 0 Å². The van der Waals surface area contributed by atoms with Gasteiger partial charge in [-0.3, -0.25) is 0 Å². The van der Waals surface area contributed by atoms with Crippen molar-refractivity contribution in [2.75, 3.05) is 6.61 Å². The Morgan fingerprint density at radius 1 is 0.750 bits per heavy atom. The van der Waals surface area contributed by atoms with E-state index in [4.69, 9.17) is 4.18 Å². The van der Waals surface area contributed by atoms with Crippen molar-refractivity contribution in [2.24, 2.45) is 0 Å². The molecule has 1 aromatic carbocycles. The summed E-state index contributed by atoms with van der Waals surface area (Å²) < 4.78 is 5.61. The molecule has 2 heteroatoms. The molecule has 1 aromatic rings. The Bertz CT molecular complexity index is 300.